The second-order valence-electron chi connectivity index (χ2n) is 8.54. The molecule has 1 aliphatic heterocycles. The van der Waals surface area contributed by atoms with Crippen molar-refractivity contribution in [2.24, 2.45) is 0 Å². The summed E-state index contributed by atoms with van der Waals surface area (Å²) in [6, 6.07) is 9.61. The Morgan fingerprint density at radius 1 is 1.03 bits per heavy atom. The number of aliphatic hydroxyl groups is 1. The number of aliphatic hydroxyl groups excluding tert-OH is 1. The van der Waals surface area contributed by atoms with Crippen molar-refractivity contribution in [3.05, 3.63) is 52.4 Å². The lowest BCUT2D eigenvalue weighted by Crippen LogP contribution is -2.44. The summed E-state index contributed by atoms with van der Waals surface area (Å²) in [5, 5.41) is 15.9. The van der Waals surface area contributed by atoms with Gasteiger partial charge in [-0.1, -0.05) is 0 Å². The summed E-state index contributed by atoms with van der Waals surface area (Å²) in [6.45, 7) is 4.03. The smallest absolute Gasteiger partial charge is 0.263 e. The van der Waals surface area contributed by atoms with Gasteiger partial charge in [-0.15, -0.1) is 0 Å². The van der Waals surface area contributed by atoms with E-state index in [0.717, 1.165) is 57.5 Å². The Morgan fingerprint density at radius 2 is 1.71 bits per heavy atom. The molecule has 4 rings (SSSR count). The first-order valence-corrected chi connectivity index (χ1v) is 11.0. The van der Waals surface area contributed by atoms with Gasteiger partial charge in [0.2, 0.25) is 0 Å². The van der Waals surface area contributed by atoms with Crippen LogP contribution < -0.4 is 21.1 Å². The molecule has 0 spiro atoms. The second-order valence-corrected chi connectivity index (χ2v) is 8.54. The highest BCUT2D eigenvalue weighted by Gasteiger charge is 2.23. The van der Waals surface area contributed by atoms with Crippen molar-refractivity contribution >= 4 is 23.0 Å². The van der Waals surface area contributed by atoms with Crippen LogP contribution in [-0.2, 0) is 0 Å². The van der Waals surface area contributed by atoms with E-state index in [1.807, 2.05) is 24.3 Å². The van der Waals surface area contributed by atoms with Gasteiger partial charge in [-0.05, 0) is 63.1 Å². The van der Waals surface area contributed by atoms with Crippen molar-refractivity contribution in [1.82, 2.24) is 9.88 Å². The number of H-pyrrole nitrogens is 1. The van der Waals surface area contributed by atoms with Crippen LogP contribution >= 0.6 is 0 Å². The van der Waals surface area contributed by atoms with Crippen molar-refractivity contribution in [1.29, 1.82) is 0 Å². The van der Waals surface area contributed by atoms with Gasteiger partial charge in [0.15, 0.2) is 0 Å². The summed E-state index contributed by atoms with van der Waals surface area (Å²) in [5.74, 6) is -0.437. The molecule has 1 saturated heterocycles. The number of pyridine rings is 1. The minimum Gasteiger partial charge on any atom is -0.393 e. The minimum atomic E-state index is -0.437. The number of carbonyl (C=O) groups excluding carboxylic acids is 1. The van der Waals surface area contributed by atoms with E-state index in [1.54, 1.807) is 12.3 Å². The zero-order valence-electron chi connectivity index (χ0n) is 17.9. The first-order chi connectivity index (χ1) is 15.0. The van der Waals surface area contributed by atoms with E-state index < -0.39 is 11.5 Å². The van der Waals surface area contributed by atoms with E-state index in [9.17, 15) is 14.7 Å². The number of hydrogen-bond donors (Lipinski definition) is 4. The van der Waals surface area contributed by atoms with E-state index >= 15 is 0 Å². The summed E-state index contributed by atoms with van der Waals surface area (Å²) in [4.78, 5) is 32.6. The van der Waals surface area contributed by atoms with E-state index in [-0.39, 0.29) is 17.7 Å². The lowest BCUT2D eigenvalue weighted by molar-refractivity contribution is 0.102. The molecule has 8 heteroatoms. The van der Waals surface area contributed by atoms with E-state index in [2.05, 4.69) is 32.5 Å². The molecule has 1 saturated carbocycles. The van der Waals surface area contributed by atoms with Gasteiger partial charge in [0.05, 0.1) is 11.8 Å². The molecule has 2 aromatic rings. The number of piperazine rings is 1. The second kappa shape index (κ2) is 9.53. The molecule has 1 aromatic carbocycles. The number of nitrogens with zero attached hydrogens (tertiary/aromatic N) is 2. The molecule has 1 aromatic heterocycles. The van der Waals surface area contributed by atoms with Crippen molar-refractivity contribution < 1.29 is 9.90 Å². The average molecular weight is 426 g/mol. The van der Waals surface area contributed by atoms with Crippen LogP contribution in [0.15, 0.2) is 41.3 Å². The van der Waals surface area contributed by atoms with Gasteiger partial charge in [-0.25, -0.2) is 0 Å². The molecule has 1 aliphatic carbocycles. The third kappa shape index (κ3) is 5.26. The SMILES string of the molecule is CN1CCN(c2ccc(NC(=O)c3c(NC4CCC(O)CC4)cc[nH]c3=O)cc2)CC1. The molecule has 0 unspecified atom stereocenters. The van der Waals surface area contributed by atoms with Gasteiger partial charge in [-0.3, -0.25) is 9.59 Å². The first kappa shape index (κ1) is 21.4. The molecule has 1 amide bonds. The zero-order chi connectivity index (χ0) is 21.8. The summed E-state index contributed by atoms with van der Waals surface area (Å²) >= 11 is 0. The quantitative estimate of drug-likeness (QED) is 0.585. The Bertz CT molecular complexity index is 942. The predicted octanol–water partition coefficient (Wildman–Crippen LogP) is 2.09. The molecule has 8 nitrogen and oxygen atoms in total. The van der Waals surface area contributed by atoms with Crippen LogP contribution in [0.3, 0.4) is 0 Å². The summed E-state index contributed by atoms with van der Waals surface area (Å²) in [6.07, 6.45) is 4.35. The maximum atomic E-state index is 12.9. The van der Waals surface area contributed by atoms with Gasteiger partial charge in [0.1, 0.15) is 5.56 Å². The average Bonchev–Trinajstić information content (AvgIpc) is 2.76. The molecule has 2 fully saturated rings. The summed E-state index contributed by atoms with van der Waals surface area (Å²) < 4.78 is 0. The first-order valence-electron chi connectivity index (χ1n) is 11.0. The number of aromatic amines is 1. The standard InChI is InChI=1S/C23H31N5O3/c1-27-12-14-28(15-13-27)18-6-2-17(3-7-18)26-23(31)21-20(10-11-24-22(21)30)25-16-4-8-19(29)9-5-16/h2-3,6-7,10-11,16,19,29H,4-5,8-9,12-15H2,1H3,(H,26,31)(H2,24,25,30). The number of benzene rings is 1. The van der Waals surface area contributed by atoms with E-state index in [4.69, 9.17) is 0 Å². The molecule has 0 atom stereocenters. The molecular formula is C23H31N5O3. The zero-order valence-corrected chi connectivity index (χ0v) is 17.9. The molecule has 0 radical (unpaired) electrons. The third-order valence-corrected chi connectivity index (χ3v) is 6.24. The Hall–Kier alpha value is -2.84. The van der Waals surface area contributed by atoms with Crippen molar-refractivity contribution in [3.63, 3.8) is 0 Å². The van der Waals surface area contributed by atoms with Crippen molar-refractivity contribution in [2.45, 2.75) is 37.8 Å². The van der Waals surface area contributed by atoms with Crippen LogP contribution in [-0.4, -0.2) is 66.3 Å². The Morgan fingerprint density at radius 3 is 2.39 bits per heavy atom. The Labute approximate surface area is 182 Å². The molecule has 166 valence electrons. The Balaban J connectivity index is 1.44. The van der Waals surface area contributed by atoms with Gasteiger partial charge >= 0.3 is 0 Å². The number of rotatable bonds is 5. The number of carbonyl (C=O) groups is 1. The fourth-order valence-corrected chi connectivity index (χ4v) is 4.28. The largest absolute Gasteiger partial charge is 0.393 e. The highest BCUT2D eigenvalue weighted by Crippen LogP contribution is 2.24. The number of anilines is 3. The topological polar surface area (TPSA) is 101 Å². The maximum Gasteiger partial charge on any atom is 0.263 e. The van der Waals surface area contributed by atoms with Gasteiger partial charge in [-0.2, -0.15) is 0 Å². The fraction of sp³-hybridized carbons (Fsp3) is 0.478. The van der Waals surface area contributed by atoms with Crippen LogP contribution in [0.1, 0.15) is 36.0 Å². The van der Waals surface area contributed by atoms with Crippen LogP contribution in [0.25, 0.3) is 0 Å². The van der Waals surface area contributed by atoms with Crippen LogP contribution in [0.5, 0.6) is 0 Å². The molecule has 4 N–H and O–H groups in total. The molecule has 2 aliphatic rings. The monoisotopic (exact) mass is 425 g/mol. The third-order valence-electron chi connectivity index (χ3n) is 6.24. The maximum absolute atomic E-state index is 12.9. The number of amides is 1. The number of aromatic nitrogens is 1. The van der Waals surface area contributed by atoms with Gasteiger partial charge in [0.25, 0.3) is 11.5 Å². The lowest BCUT2D eigenvalue weighted by Gasteiger charge is -2.34. The minimum absolute atomic E-state index is 0.0803. The Kier molecular flexibility index (Phi) is 6.58. The van der Waals surface area contributed by atoms with Crippen LogP contribution in [0, 0.1) is 0 Å². The van der Waals surface area contributed by atoms with E-state index in [0.29, 0.717) is 11.4 Å². The van der Waals surface area contributed by atoms with Crippen LogP contribution in [0.4, 0.5) is 17.1 Å². The molecule has 2 heterocycles. The summed E-state index contributed by atoms with van der Waals surface area (Å²) in [7, 11) is 2.13. The number of hydrogen-bond acceptors (Lipinski definition) is 6. The lowest BCUT2D eigenvalue weighted by atomic mass is 9.93. The number of likely N-dealkylation sites (N-methyl/N-ethyl adjacent to an activating group) is 1. The molecule has 0 bridgehead atoms. The highest BCUT2D eigenvalue weighted by molar-refractivity contribution is 6.07. The molecule has 31 heavy (non-hydrogen) atoms. The predicted molar refractivity (Wildman–Crippen MR) is 123 cm³/mol. The fourth-order valence-electron chi connectivity index (χ4n) is 4.28. The molecular weight excluding hydrogens is 394 g/mol. The van der Waals surface area contributed by atoms with Crippen molar-refractivity contribution in [2.75, 3.05) is 48.8 Å². The van der Waals surface area contributed by atoms with Gasteiger partial charge < -0.3 is 30.5 Å². The van der Waals surface area contributed by atoms with Crippen molar-refractivity contribution in [3.8, 4) is 0 Å². The van der Waals surface area contributed by atoms with Crippen LogP contribution in [0.2, 0.25) is 0 Å². The van der Waals surface area contributed by atoms with Gasteiger partial charge in [0, 0.05) is 49.8 Å². The normalized spacial score (nSPS) is 22.2. The highest BCUT2D eigenvalue weighted by atomic mass is 16.3. The summed E-state index contributed by atoms with van der Waals surface area (Å²) in [5.41, 5.74) is 1.96. The number of nitrogens with one attached hydrogen (secondary N) is 3. The van der Waals surface area contributed by atoms with E-state index in [1.165, 1.54) is 0 Å².